The van der Waals surface area contributed by atoms with Gasteiger partial charge in [0.15, 0.2) is 0 Å². The van der Waals surface area contributed by atoms with Crippen molar-refractivity contribution in [3.8, 4) is 23.0 Å². The molecule has 0 amide bonds. The zero-order valence-corrected chi connectivity index (χ0v) is 19.1. The Morgan fingerprint density at radius 3 is 1.39 bits per heavy atom. The first-order valence-electron chi connectivity index (χ1n) is 10.7. The van der Waals surface area contributed by atoms with Gasteiger partial charge in [-0.05, 0) is 89.4 Å². The van der Waals surface area contributed by atoms with Crippen LogP contribution in [-0.4, -0.2) is 20.4 Å². The average Bonchev–Trinajstić information content (AvgIpc) is 2.66. The number of aryl methyl sites for hydroxylation is 2. The molecule has 4 N–H and O–H groups in total. The van der Waals surface area contributed by atoms with Crippen LogP contribution in [0.5, 0.6) is 23.0 Å². The molecular weight excluding hydrogens is 388 g/mol. The monoisotopic (exact) mass is 420 g/mol. The first kappa shape index (κ1) is 22.5. The van der Waals surface area contributed by atoms with Gasteiger partial charge in [0.25, 0.3) is 0 Å². The average molecular weight is 421 g/mol. The smallest absolute Gasteiger partial charge is 0.120 e. The predicted molar refractivity (Wildman–Crippen MR) is 125 cm³/mol. The Bertz CT molecular complexity index is 1050. The lowest BCUT2D eigenvalue weighted by molar-refractivity contribution is 0.452. The van der Waals surface area contributed by atoms with Crippen LogP contribution < -0.4 is 0 Å². The van der Waals surface area contributed by atoms with Gasteiger partial charge in [0, 0.05) is 11.5 Å². The quantitative estimate of drug-likeness (QED) is 0.279. The second kappa shape index (κ2) is 8.54. The summed E-state index contributed by atoms with van der Waals surface area (Å²) in [6, 6.07) is 12.0. The van der Waals surface area contributed by atoms with Gasteiger partial charge in [-0.15, -0.1) is 0 Å². The van der Waals surface area contributed by atoms with Crippen molar-refractivity contribution in [2.24, 2.45) is 0 Å². The van der Waals surface area contributed by atoms with Crippen LogP contribution in [0.15, 0.2) is 42.5 Å². The number of phenolic OH excluding ortho intramolecular Hbond substituents is 4. The fourth-order valence-electron chi connectivity index (χ4n) is 4.28. The van der Waals surface area contributed by atoms with Gasteiger partial charge < -0.3 is 20.4 Å². The zero-order chi connectivity index (χ0) is 23.0. The highest BCUT2D eigenvalue weighted by Crippen LogP contribution is 2.44. The fourth-order valence-corrected chi connectivity index (χ4v) is 4.28. The number of aromatic hydroxyl groups is 4. The second-order valence-corrected chi connectivity index (χ2v) is 9.02. The van der Waals surface area contributed by atoms with E-state index in [0.717, 1.165) is 33.4 Å². The molecule has 3 aromatic carbocycles. The van der Waals surface area contributed by atoms with Crippen molar-refractivity contribution in [3.63, 3.8) is 0 Å². The van der Waals surface area contributed by atoms with Gasteiger partial charge in [-0.3, -0.25) is 0 Å². The summed E-state index contributed by atoms with van der Waals surface area (Å²) in [7, 11) is 0. The lowest BCUT2D eigenvalue weighted by Gasteiger charge is -2.26. The third-order valence-corrected chi connectivity index (χ3v) is 6.02. The molecular formula is C27H32O4. The molecule has 164 valence electrons. The van der Waals surface area contributed by atoms with Crippen molar-refractivity contribution in [3.05, 3.63) is 81.4 Å². The molecule has 0 spiro atoms. The van der Waals surface area contributed by atoms with Crippen molar-refractivity contribution >= 4 is 0 Å². The van der Waals surface area contributed by atoms with Gasteiger partial charge in [-0.25, -0.2) is 0 Å². The number of hydrogen-bond donors (Lipinski definition) is 4. The highest BCUT2D eigenvalue weighted by Gasteiger charge is 2.27. The Morgan fingerprint density at radius 1 is 0.516 bits per heavy atom. The van der Waals surface area contributed by atoms with Crippen molar-refractivity contribution in [2.45, 2.75) is 59.3 Å². The van der Waals surface area contributed by atoms with Gasteiger partial charge in [-0.2, -0.15) is 0 Å². The van der Waals surface area contributed by atoms with Gasteiger partial charge in [-0.1, -0.05) is 39.8 Å². The maximum absolute atomic E-state index is 10.8. The highest BCUT2D eigenvalue weighted by atomic mass is 16.3. The van der Waals surface area contributed by atoms with E-state index in [1.165, 1.54) is 12.1 Å². The summed E-state index contributed by atoms with van der Waals surface area (Å²) in [6.07, 6.45) is 0. The summed E-state index contributed by atoms with van der Waals surface area (Å²) in [5, 5.41) is 42.0. The molecule has 0 bridgehead atoms. The van der Waals surface area contributed by atoms with E-state index in [4.69, 9.17) is 0 Å². The SMILES string of the molecule is Cc1cc(O)c(C(C)C)cc1C(c1cc(C(C)C)c(O)cc1C)c1cc(O)ccc1O. The van der Waals surface area contributed by atoms with Crippen LogP contribution in [0.2, 0.25) is 0 Å². The topological polar surface area (TPSA) is 80.9 Å². The lowest BCUT2D eigenvalue weighted by atomic mass is 9.78. The van der Waals surface area contributed by atoms with E-state index < -0.39 is 0 Å². The van der Waals surface area contributed by atoms with Crippen LogP contribution in [0.1, 0.15) is 84.4 Å². The van der Waals surface area contributed by atoms with E-state index >= 15 is 0 Å². The third kappa shape index (κ3) is 4.34. The van der Waals surface area contributed by atoms with Crippen molar-refractivity contribution in [2.75, 3.05) is 0 Å². The maximum atomic E-state index is 10.8. The standard InChI is InChI=1S/C27H32O4/c1-14(2)19-12-21(16(5)9-25(19)30)27(23-11-18(28)7-8-24(23)29)22-13-20(15(3)4)26(31)10-17(22)6/h7-15,27-31H,1-6H3. The minimum absolute atomic E-state index is 0.0684. The van der Waals surface area contributed by atoms with Crippen molar-refractivity contribution < 1.29 is 20.4 Å². The van der Waals surface area contributed by atoms with E-state index in [-0.39, 0.29) is 40.8 Å². The fraction of sp³-hybridized carbons (Fsp3) is 0.333. The van der Waals surface area contributed by atoms with E-state index in [1.807, 2.05) is 53.7 Å². The minimum Gasteiger partial charge on any atom is -0.508 e. The predicted octanol–water partition coefficient (Wildman–Crippen LogP) is 6.55. The number of benzene rings is 3. The Hall–Kier alpha value is -3.14. The molecule has 4 nitrogen and oxygen atoms in total. The van der Waals surface area contributed by atoms with Gasteiger partial charge in [0.1, 0.15) is 23.0 Å². The van der Waals surface area contributed by atoms with Crippen LogP contribution in [-0.2, 0) is 0 Å². The highest BCUT2D eigenvalue weighted by molar-refractivity contribution is 5.58. The number of phenols is 4. The van der Waals surface area contributed by atoms with Crippen LogP contribution in [0.4, 0.5) is 0 Å². The summed E-state index contributed by atoms with van der Waals surface area (Å²) >= 11 is 0. The van der Waals surface area contributed by atoms with Crippen LogP contribution in [0.3, 0.4) is 0 Å². The Labute approximate surface area is 184 Å². The minimum atomic E-state index is -0.386. The zero-order valence-electron chi connectivity index (χ0n) is 19.1. The summed E-state index contributed by atoms with van der Waals surface area (Å²) in [5.74, 6) is 0.498. The summed E-state index contributed by atoms with van der Waals surface area (Å²) < 4.78 is 0. The van der Waals surface area contributed by atoms with Crippen molar-refractivity contribution in [1.82, 2.24) is 0 Å². The number of rotatable bonds is 5. The summed E-state index contributed by atoms with van der Waals surface area (Å²) in [6.45, 7) is 12.0. The molecule has 0 heterocycles. The van der Waals surface area contributed by atoms with E-state index in [1.54, 1.807) is 18.2 Å². The van der Waals surface area contributed by atoms with Gasteiger partial charge in [0.05, 0.1) is 0 Å². The van der Waals surface area contributed by atoms with Gasteiger partial charge >= 0.3 is 0 Å². The number of hydrogen-bond acceptors (Lipinski definition) is 4. The molecule has 0 aliphatic heterocycles. The maximum Gasteiger partial charge on any atom is 0.120 e. The molecule has 3 rings (SSSR count). The van der Waals surface area contributed by atoms with E-state index in [2.05, 4.69) is 0 Å². The van der Waals surface area contributed by atoms with E-state index in [0.29, 0.717) is 5.56 Å². The molecule has 31 heavy (non-hydrogen) atoms. The molecule has 0 aliphatic rings. The Balaban J connectivity index is 2.40. The van der Waals surface area contributed by atoms with Crippen LogP contribution in [0, 0.1) is 13.8 Å². The largest absolute Gasteiger partial charge is 0.508 e. The summed E-state index contributed by atoms with van der Waals surface area (Å²) in [5.41, 5.74) is 5.86. The molecule has 0 radical (unpaired) electrons. The molecule has 0 unspecified atom stereocenters. The second-order valence-electron chi connectivity index (χ2n) is 9.02. The molecule has 0 fully saturated rings. The Morgan fingerprint density at radius 2 is 0.968 bits per heavy atom. The molecule has 0 aromatic heterocycles. The molecule has 0 saturated heterocycles. The molecule has 3 aromatic rings. The third-order valence-electron chi connectivity index (χ3n) is 6.02. The van der Waals surface area contributed by atoms with Crippen LogP contribution in [0.25, 0.3) is 0 Å². The molecule has 0 atom stereocenters. The Kier molecular flexibility index (Phi) is 6.21. The summed E-state index contributed by atoms with van der Waals surface area (Å²) in [4.78, 5) is 0. The lowest BCUT2D eigenvalue weighted by Crippen LogP contribution is -2.10. The van der Waals surface area contributed by atoms with Crippen molar-refractivity contribution in [1.29, 1.82) is 0 Å². The van der Waals surface area contributed by atoms with E-state index in [9.17, 15) is 20.4 Å². The molecule has 0 saturated carbocycles. The first-order chi connectivity index (χ1) is 14.5. The first-order valence-corrected chi connectivity index (χ1v) is 10.7. The molecule has 0 aliphatic carbocycles. The van der Waals surface area contributed by atoms with Crippen LogP contribution >= 0.6 is 0 Å². The van der Waals surface area contributed by atoms with Gasteiger partial charge in [0.2, 0.25) is 0 Å². The molecule has 4 heteroatoms. The normalized spacial score (nSPS) is 11.6.